The fourth-order valence-corrected chi connectivity index (χ4v) is 3.42. The Hall–Kier alpha value is -1.90. The summed E-state index contributed by atoms with van der Waals surface area (Å²) in [6.45, 7) is 5.48. The molecule has 2 aliphatic rings. The third-order valence-corrected chi connectivity index (χ3v) is 5.06. The van der Waals surface area contributed by atoms with Crippen molar-refractivity contribution in [3.63, 3.8) is 0 Å². The molecule has 22 heavy (non-hydrogen) atoms. The van der Waals surface area contributed by atoms with Crippen molar-refractivity contribution in [2.45, 2.75) is 51.5 Å². The van der Waals surface area contributed by atoms with Gasteiger partial charge in [-0.25, -0.2) is 9.97 Å². The van der Waals surface area contributed by atoms with E-state index >= 15 is 0 Å². The van der Waals surface area contributed by atoms with Gasteiger partial charge in [0.25, 0.3) is 0 Å². The van der Waals surface area contributed by atoms with Crippen LogP contribution in [-0.2, 0) is 0 Å². The van der Waals surface area contributed by atoms with E-state index in [1.165, 1.54) is 42.4 Å². The zero-order chi connectivity index (χ0) is 15.1. The van der Waals surface area contributed by atoms with Crippen molar-refractivity contribution in [2.24, 2.45) is 0 Å². The summed E-state index contributed by atoms with van der Waals surface area (Å²) in [6.07, 6.45) is 6.89. The second-order valence-electron chi connectivity index (χ2n) is 6.74. The molecule has 0 bridgehead atoms. The third-order valence-electron chi connectivity index (χ3n) is 5.06. The van der Waals surface area contributed by atoms with Gasteiger partial charge in [0.15, 0.2) is 0 Å². The van der Waals surface area contributed by atoms with E-state index in [0.29, 0.717) is 12.0 Å². The standard InChI is InChI=1S/C19H23N3/c1-13-5-6-16(12-14(13)2)17-4-3-11-22(17)18-9-10-20-19(21-18)15-7-8-15/h5-6,9-10,12,15,17H,3-4,7-8,11H2,1-2H3. The SMILES string of the molecule is Cc1ccc(C2CCCN2c2ccnc(C3CC3)n2)cc1C. The molecule has 1 saturated carbocycles. The van der Waals surface area contributed by atoms with Gasteiger partial charge >= 0.3 is 0 Å². The van der Waals surface area contributed by atoms with E-state index in [9.17, 15) is 0 Å². The molecule has 1 aromatic carbocycles. The number of benzene rings is 1. The van der Waals surface area contributed by atoms with E-state index < -0.39 is 0 Å². The fourth-order valence-electron chi connectivity index (χ4n) is 3.42. The van der Waals surface area contributed by atoms with E-state index in [1.54, 1.807) is 0 Å². The van der Waals surface area contributed by atoms with Gasteiger partial charge in [-0.15, -0.1) is 0 Å². The Morgan fingerprint density at radius 3 is 2.68 bits per heavy atom. The van der Waals surface area contributed by atoms with Gasteiger partial charge in [0.1, 0.15) is 11.6 Å². The van der Waals surface area contributed by atoms with Crippen molar-refractivity contribution >= 4 is 5.82 Å². The normalized spacial score (nSPS) is 21.4. The lowest BCUT2D eigenvalue weighted by molar-refractivity contribution is 0.705. The summed E-state index contributed by atoms with van der Waals surface area (Å²) in [7, 11) is 0. The first-order valence-electron chi connectivity index (χ1n) is 8.39. The van der Waals surface area contributed by atoms with Crippen LogP contribution in [0.15, 0.2) is 30.5 Å². The van der Waals surface area contributed by atoms with Crippen LogP contribution >= 0.6 is 0 Å². The van der Waals surface area contributed by atoms with Gasteiger partial charge in [-0.3, -0.25) is 0 Å². The minimum Gasteiger partial charge on any atom is -0.349 e. The molecule has 3 nitrogen and oxygen atoms in total. The summed E-state index contributed by atoms with van der Waals surface area (Å²) in [4.78, 5) is 11.8. The van der Waals surface area contributed by atoms with Crippen molar-refractivity contribution in [3.8, 4) is 0 Å². The predicted octanol–water partition coefficient (Wildman–Crippen LogP) is 4.31. The Labute approximate surface area is 132 Å². The number of rotatable bonds is 3. The Bertz CT molecular complexity index is 691. The first kappa shape index (κ1) is 13.7. The maximum absolute atomic E-state index is 4.85. The van der Waals surface area contributed by atoms with Crippen LogP contribution in [0.25, 0.3) is 0 Å². The molecule has 1 unspecified atom stereocenters. The molecule has 1 aliphatic carbocycles. The monoisotopic (exact) mass is 293 g/mol. The van der Waals surface area contributed by atoms with Crippen molar-refractivity contribution in [1.29, 1.82) is 0 Å². The smallest absolute Gasteiger partial charge is 0.133 e. The molecule has 0 radical (unpaired) electrons. The van der Waals surface area contributed by atoms with Crippen molar-refractivity contribution in [2.75, 3.05) is 11.4 Å². The highest BCUT2D eigenvalue weighted by Crippen LogP contribution is 2.40. The van der Waals surface area contributed by atoms with E-state index in [2.05, 4.69) is 48.0 Å². The van der Waals surface area contributed by atoms with Crippen LogP contribution in [-0.4, -0.2) is 16.5 Å². The molecule has 0 N–H and O–H groups in total. The topological polar surface area (TPSA) is 29.0 Å². The second kappa shape index (κ2) is 5.38. The molecule has 1 aromatic heterocycles. The highest BCUT2D eigenvalue weighted by atomic mass is 15.2. The largest absolute Gasteiger partial charge is 0.349 e. The van der Waals surface area contributed by atoms with Crippen LogP contribution < -0.4 is 4.90 Å². The minimum atomic E-state index is 0.459. The molecule has 2 heterocycles. The Kier molecular flexibility index (Phi) is 3.36. The first-order valence-corrected chi connectivity index (χ1v) is 8.39. The van der Waals surface area contributed by atoms with Crippen LogP contribution in [0.4, 0.5) is 5.82 Å². The van der Waals surface area contributed by atoms with Gasteiger partial charge in [0, 0.05) is 18.7 Å². The molecular formula is C19H23N3. The molecule has 1 saturated heterocycles. The number of hydrogen-bond donors (Lipinski definition) is 0. The van der Waals surface area contributed by atoms with Gasteiger partial charge in [0.05, 0.1) is 6.04 Å². The highest BCUT2D eigenvalue weighted by molar-refractivity contribution is 5.45. The van der Waals surface area contributed by atoms with Crippen molar-refractivity contribution in [1.82, 2.24) is 9.97 Å². The van der Waals surface area contributed by atoms with Gasteiger partial charge in [-0.2, -0.15) is 0 Å². The zero-order valence-electron chi connectivity index (χ0n) is 13.4. The Balaban J connectivity index is 1.65. The summed E-state index contributed by atoms with van der Waals surface area (Å²) >= 11 is 0. The summed E-state index contributed by atoms with van der Waals surface area (Å²) in [5.74, 6) is 2.77. The predicted molar refractivity (Wildman–Crippen MR) is 89.2 cm³/mol. The van der Waals surface area contributed by atoms with E-state index in [-0.39, 0.29) is 0 Å². The zero-order valence-corrected chi connectivity index (χ0v) is 13.4. The molecule has 3 heteroatoms. The summed E-state index contributed by atoms with van der Waals surface area (Å²) in [5.41, 5.74) is 4.17. The molecule has 4 rings (SSSR count). The van der Waals surface area contributed by atoms with Crippen LogP contribution in [0, 0.1) is 13.8 Å². The van der Waals surface area contributed by atoms with E-state index in [0.717, 1.165) is 18.2 Å². The Morgan fingerprint density at radius 1 is 1.05 bits per heavy atom. The molecule has 0 spiro atoms. The average molecular weight is 293 g/mol. The van der Waals surface area contributed by atoms with Crippen LogP contribution in [0.2, 0.25) is 0 Å². The lowest BCUT2D eigenvalue weighted by Crippen LogP contribution is -2.24. The average Bonchev–Trinajstić information content (AvgIpc) is 3.27. The quantitative estimate of drug-likeness (QED) is 0.844. The number of anilines is 1. The van der Waals surface area contributed by atoms with Crippen LogP contribution in [0.5, 0.6) is 0 Å². The van der Waals surface area contributed by atoms with Crippen molar-refractivity contribution in [3.05, 3.63) is 53.0 Å². The molecule has 2 fully saturated rings. The summed E-state index contributed by atoms with van der Waals surface area (Å²) in [6, 6.07) is 9.42. The molecule has 2 aromatic rings. The maximum Gasteiger partial charge on any atom is 0.133 e. The number of nitrogens with zero attached hydrogens (tertiary/aromatic N) is 3. The van der Waals surface area contributed by atoms with Crippen molar-refractivity contribution < 1.29 is 0 Å². The van der Waals surface area contributed by atoms with Gasteiger partial charge in [-0.05, 0) is 62.3 Å². The Morgan fingerprint density at radius 2 is 1.91 bits per heavy atom. The number of hydrogen-bond acceptors (Lipinski definition) is 3. The second-order valence-corrected chi connectivity index (χ2v) is 6.74. The van der Waals surface area contributed by atoms with Gasteiger partial charge in [0.2, 0.25) is 0 Å². The van der Waals surface area contributed by atoms with Gasteiger partial charge < -0.3 is 4.90 Å². The van der Waals surface area contributed by atoms with Crippen LogP contribution in [0.1, 0.15) is 60.2 Å². The lowest BCUT2D eigenvalue weighted by Gasteiger charge is -2.26. The summed E-state index contributed by atoms with van der Waals surface area (Å²) < 4.78 is 0. The van der Waals surface area contributed by atoms with Crippen LogP contribution in [0.3, 0.4) is 0 Å². The lowest BCUT2D eigenvalue weighted by atomic mass is 9.99. The highest BCUT2D eigenvalue weighted by Gasteiger charge is 2.30. The summed E-state index contributed by atoms with van der Waals surface area (Å²) in [5, 5.41) is 0. The van der Waals surface area contributed by atoms with E-state index in [1.807, 2.05) is 6.20 Å². The molecule has 0 amide bonds. The minimum absolute atomic E-state index is 0.459. The number of aromatic nitrogens is 2. The molecule has 1 aliphatic heterocycles. The van der Waals surface area contributed by atoms with E-state index in [4.69, 9.17) is 4.98 Å². The third kappa shape index (κ3) is 2.49. The maximum atomic E-state index is 4.85. The molecular weight excluding hydrogens is 270 g/mol. The van der Waals surface area contributed by atoms with Gasteiger partial charge in [-0.1, -0.05) is 18.2 Å². The molecule has 114 valence electrons. The molecule has 1 atom stereocenters. The fraction of sp³-hybridized carbons (Fsp3) is 0.474. The first-order chi connectivity index (χ1) is 10.7. The number of aryl methyl sites for hydroxylation is 2.